The fourth-order valence-electron chi connectivity index (χ4n) is 2.20. The van der Waals surface area contributed by atoms with Gasteiger partial charge in [-0.05, 0) is 57.0 Å². The standard InChI is InChI=1S/C15H21NO3/c1-15(2,3)19-14(17)12-8-11(18-4)7-10-5-6-16-9-13(10)12/h7-8,16H,5-6,9H2,1-4H3. The first-order chi connectivity index (χ1) is 8.90. The van der Waals surface area contributed by atoms with Crippen LogP contribution in [0.4, 0.5) is 0 Å². The highest BCUT2D eigenvalue weighted by Crippen LogP contribution is 2.27. The summed E-state index contributed by atoms with van der Waals surface area (Å²) in [6.07, 6.45) is 0.905. The highest BCUT2D eigenvalue weighted by Gasteiger charge is 2.24. The lowest BCUT2D eigenvalue weighted by Crippen LogP contribution is -2.29. The number of benzene rings is 1. The molecule has 0 radical (unpaired) electrons. The van der Waals surface area contributed by atoms with Gasteiger partial charge in [0, 0.05) is 6.54 Å². The van der Waals surface area contributed by atoms with Crippen molar-refractivity contribution in [2.45, 2.75) is 39.3 Å². The molecule has 19 heavy (non-hydrogen) atoms. The molecule has 0 unspecified atom stereocenters. The molecule has 4 heteroatoms. The Morgan fingerprint density at radius 3 is 2.68 bits per heavy atom. The molecule has 0 bridgehead atoms. The number of ether oxygens (including phenoxy) is 2. The molecule has 4 nitrogen and oxygen atoms in total. The van der Waals surface area contributed by atoms with Gasteiger partial charge in [0.15, 0.2) is 0 Å². The van der Waals surface area contributed by atoms with Gasteiger partial charge in [-0.15, -0.1) is 0 Å². The molecule has 1 heterocycles. The normalized spacial score (nSPS) is 14.7. The Hall–Kier alpha value is -1.55. The lowest BCUT2D eigenvalue weighted by atomic mass is 9.95. The quantitative estimate of drug-likeness (QED) is 0.832. The number of rotatable bonds is 2. The Balaban J connectivity index is 2.40. The molecule has 1 aliphatic heterocycles. The molecule has 1 aromatic carbocycles. The number of fused-ring (bicyclic) bond motifs is 1. The average molecular weight is 263 g/mol. The van der Waals surface area contributed by atoms with Crippen molar-refractivity contribution < 1.29 is 14.3 Å². The van der Waals surface area contributed by atoms with E-state index in [2.05, 4.69) is 5.32 Å². The van der Waals surface area contributed by atoms with Crippen molar-refractivity contribution in [3.63, 3.8) is 0 Å². The molecule has 1 aliphatic rings. The van der Waals surface area contributed by atoms with E-state index in [0.717, 1.165) is 18.5 Å². The first-order valence-corrected chi connectivity index (χ1v) is 6.54. The van der Waals surface area contributed by atoms with Gasteiger partial charge in [0.2, 0.25) is 0 Å². The molecule has 0 aliphatic carbocycles. The third-order valence-corrected chi connectivity index (χ3v) is 3.04. The molecule has 1 N–H and O–H groups in total. The van der Waals surface area contributed by atoms with Crippen LogP contribution in [0, 0.1) is 0 Å². The van der Waals surface area contributed by atoms with Crippen LogP contribution < -0.4 is 10.1 Å². The number of carbonyl (C=O) groups excluding carboxylic acids is 1. The summed E-state index contributed by atoms with van der Waals surface area (Å²) in [6, 6.07) is 3.77. The van der Waals surface area contributed by atoms with Gasteiger partial charge >= 0.3 is 5.97 Å². The van der Waals surface area contributed by atoms with Crippen LogP contribution >= 0.6 is 0 Å². The Morgan fingerprint density at radius 2 is 2.05 bits per heavy atom. The average Bonchev–Trinajstić information content (AvgIpc) is 2.35. The van der Waals surface area contributed by atoms with Gasteiger partial charge in [0.25, 0.3) is 0 Å². The predicted molar refractivity (Wildman–Crippen MR) is 73.6 cm³/mol. The predicted octanol–water partition coefficient (Wildman–Crippen LogP) is 2.30. The van der Waals surface area contributed by atoms with Crippen molar-refractivity contribution in [1.29, 1.82) is 0 Å². The van der Waals surface area contributed by atoms with Crippen molar-refractivity contribution in [2.24, 2.45) is 0 Å². The summed E-state index contributed by atoms with van der Waals surface area (Å²) >= 11 is 0. The number of hydrogen-bond donors (Lipinski definition) is 1. The van der Waals surface area contributed by atoms with E-state index in [1.54, 1.807) is 13.2 Å². The molecule has 0 saturated carbocycles. The molecule has 1 aromatic rings. The largest absolute Gasteiger partial charge is 0.497 e. The summed E-state index contributed by atoms with van der Waals surface area (Å²) in [4.78, 5) is 12.3. The summed E-state index contributed by atoms with van der Waals surface area (Å²) in [5.41, 5.74) is 2.31. The molecule has 2 rings (SSSR count). The van der Waals surface area contributed by atoms with Gasteiger partial charge in [-0.25, -0.2) is 4.79 Å². The minimum atomic E-state index is -0.491. The van der Waals surface area contributed by atoms with Crippen LogP contribution in [-0.2, 0) is 17.7 Å². The number of esters is 1. The van der Waals surface area contributed by atoms with Gasteiger partial charge in [0.05, 0.1) is 12.7 Å². The van der Waals surface area contributed by atoms with E-state index in [9.17, 15) is 4.79 Å². The first kappa shape index (κ1) is 13.9. The fourth-order valence-corrected chi connectivity index (χ4v) is 2.20. The SMILES string of the molecule is COc1cc2c(c(C(=O)OC(C)(C)C)c1)CNCC2. The van der Waals surface area contributed by atoms with Gasteiger partial charge in [-0.2, -0.15) is 0 Å². The van der Waals surface area contributed by atoms with Crippen molar-refractivity contribution in [2.75, 3.05) is 13.7 Å². The number of hydrogen-bond acceptors (Lipinski definition) is 4. The lowest BCUT2D eigenvalue weighted by Gasteiger charge is -2.24. The van der Waals surface area contributed by atoms with Gasteiger partial charge in [-0.1, -0.05) is 0 Å². The third-order valence-electron chi connectivity index (χ3n) is 3.04. The maximum absolute atomic E-state index is 12.3. The zero-order valence-electron chi connectivity index (χ0n) is 12.0. The van der Waals surface area contributed by atoms with E-state index >= 15 is 0 Å². The molecular weight excluding hydrogens is 242 g/mol. The summed E-state index contributed by atoms with van der Waals surface area (Å²) in [5, 5.41) is 3.29. The van der Waals surface area contributed by atoms with Crippen LogP contribution in [0.1, 0.15) is 42.3 Å². The maximum atomic E-state index is 12.3. The molecule has 0 atom stereocenters. The number of methoxy groups -OCH3 is 1. The molecule has 0 spiro atoms. The second kappa shape index (κ2) is 5.21. The van der Waals surface area contributed by atoms with Gasteiger partial charge in [-0.3, -0.25) is 0 Å². The second-order valence-electron chi connectivity index (χ2n) is 5.74. The van der Waals surface area contributed by atoms with Crippen LogP contribution in [0.5, 0.6) is 5.75 Å². The maximum Gasteiger partial charge on any atom is 0.339 e. The topological polar surface area (TPSA) is 47.6 Å². The highest BCUT2D eigenvalue weighted by atomic mass is 16.6. The van der Waals surface area contributed by atoms with Crippen molar-refractivity contribution in [3.8, 4) is 5.75 Å². The molecule has 0 saturated heterocycles. The van der Waals surface area contributed by atoms with E-state index in [1.165, 1.54) is 5.56 Å². The Kier molecular flexibility index (Phi) is 3.80. The van der Waals surface area contributed by atoms with E-state index in [4.69, 9.17) is 9.47 Å². The van der Waals surface area contributed by atoms with Gasteiger partial charge < -0.3 is 14.8 Å². The number of carbonyl (C=O) groups is 1. The monoisotopic (exact) mass is 263 g/mol. The van der Waals surface area contributed by atoms with Crippen LogP contribution in [0.3, 0.4) is 0 Å². The number of nitrogens with one attached hydrogen (secondary N) is 1. The van der Waals surface area contributed by atoms with E-state index in [1.807, 2.05) is 26.8 Å². The minimum absolute atomic E-state index is 0.286. The Morgan fingerprint density at radius 1 is 1.32 bits per heavy atom. The Bertz CT molecular complexity index is 489. The molecule has 0 fully saturated rings. The Labute approximate surface area is 114 Å². The molecule has 0 amide bonds. The highest BCUT2D eigenvalue weighted by molar-refractivity contribution is 5.92. The summed E-state index contributed by atoms with van der Waals surface area (Å²) in [6.45, 7) is 7.24. The van der Waals surface area contributed by atoms with Crippen LogP contribution in [0.2, 0.25) is 0 Å². The van der Waals surface area contributed by atoms with Crippen LogP contribution in [0.15, 0.2) is 12.1 Å². The summed E-state index contributed by atoms with van der Waals surface area (Å²) in [7, 11) is 1.61. The van der Waals surface area contributed by atoms with E-state index in [-0.39, 0.29) is 5.97 Å². The van der Waals surface area contributed by atoms with E-state index in [0.29, 0.717) is 17.9 Å². The zero-order valence-corrected chi connectivity index (χ0v) is 12.0. The van der Waals surface area contributed by atoms with Crippen LogP contribution in [0.25, 0.3) is 0 Å². The van der Waals surface area contributed by atoms with Crippen molar-refractivity contribution in [3.05, 3.63) is 28.8 Å². The van der Waals surface area contributed by atoms with E-state index < -0.39 is 5.60 Å². The molecular formula is C15H21NO3. The summed E-state index contributed by atoms with van der Waals surface area (Å²) in [5.74, 6) is 0.424. The summed E-state index contributed by atoms with van der Waals surface area (Å²) < 4.78 is 10.7. The molecule has 104 valence electrons. The smallest absolute Gasteiger partial charge is 0.339 e. The lowest BCUT2D eigenvalue weighted by molar-refractivity contribution is 0.00675. The second-order valence-corrected chi connectivity index (χ2v) is 5.74. The minimum Gasteiger partial charge on any atom is -0.497 e. The zero-order chi connectivity index (χ0) is 14.0. The van der Waals surface area contributed by atoms with Gasteiger partial charge in [0.1, 0.15) is 11.4 Å². The third kappa shape index (κ3) is 3.26. The molecule has 0 aromatic heterocycles. The fraction of sp³-hybridized carbons (Fsp3) is 0.533. The van der Waals surface area contributed by atoms with Crippen LogP contribution in [-0.4, -0.2) is 25.2 Å². The first-order valence-electron chi connectivity index (χ1n) is 6.54. The van der Waals surface area contributed by atoms with Crippen molar-refractivity contribution >= 4 is 5.97 Å². The van der Waals surface area contributed by atoms with Crippen molar-refractivity contribution in [1.82, 2.24) is 5.32 Å².